The summed E-state index contributed by atoms with van der Waals surface area (Å²) in [5.74, 6) is 0.167. The summed E-state index contributed by atoms with van der Waals surface area (Å²) in [4.78, 5) is 9.44. The van der Waals surface area contributed by atoms with Crippen molar-refractivity contribution in [3.8, 4) is 0 Å². The highest BCUT2D eigenvalue weighted by molar-refractivity contribution is 15.0. The van der Waals surface area contributed by atoms with Gasteiger partial charge in [-0.15, -0.1) is 0 Å². The molecule has 0 atom stereocenters. The van der Waals surface area contributed by atoms with Crippen molar-refractivity contribution in [1.29, 1.82) is 0 Å². The fourth-order valence-corrected chi connectivity index (χ4v) is 0. The van der Waals surface area contributed by atoms with Gasteiger partial charge in [0.15, 0.2) is 0 Å². The predicted molar refractivity (Wildman–Crippen MR) is 51.1 cm³/mol. The van der Waals surface area contributed by atoms with Gasteiger partial charge in [-0.2, -0.15) is 0 Å². The number of rotatable bonds is 0. The second kappa shape index (κ2) is 15.7. The summed E-state index contributed by atoms with van der Waals surface area (Å²) < 4.78 is 0. The smallest absolute Gasteiger partial charge is 0.126 e. The first-order chi connectivity index (χ1) is 2.73. The van der Waals surface area contributed by atoms with Crippen LogP contribution in [-0.2, 0) is 4.79 Å². The molecule has 0 fully saturated rings. The van der Waals surface area contributed by atoms with E-state index < -0.39 is 0 Å². The molecule has 0 aromatic carbocycles. The molecule has 0 rings (SSSR count). The van der Waals surface area contributed by atoms with E-state index in [2.05, 4.69) is 37.2 Å². The van der Waals surface area contributed by atoms with Crippen molar-refractivity contribution in [2.24, 2.45) is 0 Å². The van der Waals surface area contributed by atoms with E-state index in [9.17, 15) is 4.79 Å². The molecule has 0 bridgehead atoms. The Bertz CT molecular complexity index is 32.7. The van der Waals surface area contributed by atoms with E-state index >= 15 is 0 Å². The zero-order chi connectivity index (χ0) is 5.58. The summed E-state index contributed by atoms with van der Waals surface area (Å²) in [6, 6.07) is 0. The van der Waals surface area contributed by atoms with Crippen molar-refractivity contribution in [1.82, 2.24) is 0 Å². The molecule has 46 valence electrons. The van der Waals surface area contributed by atoms with Crippen LogP contribution in [0.1, 0.15) is 21.3 Å². The second-order valence-electron chi connectivity index (χ2n) is 0.908. The van der Waals surface area contributed by atoms with Crippen LogP contribution in [0.3, 0.4) is 0 Å². The molecule has 0 unspecified atom stereocenters. The lowest BCUT2D eigenvalue weighted by Crippen LogP contribution is -1.69. The molecule has 0 aromatic rings. The van der Waals surface area contributed by atoms with E-state index in [1.165, 1.54) is 13.8 Å². The summed E-state index contributed by atoms with van der Waals surface area (Å²) >= 11 is 4.24. The number of Topliss-reactive ketones (excluding diaryl/α,β-unsaturated/α-hetero) is 1. The molecule has 7 heavy (non-hydrogen) atoms. The molecule has 3 heteroatoms. The van der Waals surface area contributed by atoms with E-state index in [0.29, 0.717) is 0 Å². The third-order valence-corrected chi connectivity index (χ3v) is 0. The highest BCUT2D eigenvalue weighted by atomic mass is 128. The summed E-state index contributed by atoms with van der Waals surface area (Å²) in [5, 5.41) is 0. The highest BCUT2D eigenvalue weighted by Gasteiger charge is 1.62. The van der Waals surface area contributed by atoms with Crippen LogP contribution in [0.15, 0.2) is 0 Å². The van der Waals surface area contributed by atoms with Gasteiger partial charge in [-0.1, -0.05) is 7.43 Å². The molecule has 0 N–H and O–H groups in total. The van der Waals surface area contributed by atoms with Gasteiger partial charge in [-0.25, -0.2) is 0 Å². The molecule has 0 aliphatic carbocycles. The Morgan fingerprint density at radius 2 is 1.29 bits per heavy atom. The monoisotopic (exact) mass is 328 g/mol. The molecule has 0 spiro atoms. The van der Waals surface area contributed by atoms with E-state index in [0.717, 1.165) is 0 Å². The van der Waals surface area contributed by atoms with Crippen LogP contribution in [0, 0.1) is 0 Å². The van der Waals surface area contributed by atoms with Gasteiger partial charge in [-0.05, 0) is 13.8 Å². The number of hydrogen-bond acceptors (Lipinski definition) is 1. The van der Waals surface area contributed by atoms with Crippen LogP contribution in [0.2, 0.25) is 0 Å². The zero-order valence-electron chi connectivity index (χ0n) is 3.66. The lowest BCUT2D eigenvalue weighted by atomic mass is 10.6. The quantitative estimate of drug-likeness (QED) is 0.625. The van der Waals surface area contributed by atoms with E-state index in [1.807, 2.05) is 0 Å². The van der Waals surface area contributed by atoms with Crippen molar-refractivity contribution < 1.29 is 4.79 Å². The van der Waals surface area contributed by atoms with Gasteiger partial charge in [0.25, 0.3) is 0 Å². The maximum atomic E-state index is 9.44. The maximum Gasteiger partial charge on any atom is 0.126 e. The number of hydrogen-bond donors (Lipinski definition) is 0. The Hall–Kier alpha value is 1.13. The van der Waals surface area contributed by atoms with Gasteiger partial charge in [0.1, 0.15) is 5.78 Å². The molecule has 0 heterocycles. The number of carbonyl (C=O) groups is 1. The maximum absolute atomic E-state index is 9.44. The summed E-state index contributed by atoms with van der Waals surface area (Å²) in [5.41, 5.74) is 0. The largest absolute Gasteiger partial charge is 0.300 e. The van der Waals surface area contributed by atoms with Crippen LogP contribution in [0.4, 0.5) is 0 Å². The fraction of sp³-hybridized carbons (Fsp3) is 0.750. The lowest BCUT2D eigenvalue weighted by molar-refractivity contribution is -0.114. The third kappa shape index (κ3) is 147. The molecule has 0 aliphatic heterocycles. The molecule has 0 radical (unpaired) electrons. The van der Waals surface area contributed by atoms with Crippen LogP contribution < -0.4 is 0 Å². The minimum absolute atomic E-state index is 0. The Balaban J connectivity index is -0.0000000480. The van der Waals surface area contributed by atoms with E-state index in [4.69, 9.17) is 0 Å². The van der Waals surface area contributed by atoms with Gasteiger partial charge >= 0.3 is 0 Å². The fourth-order valence-electron chi connectivity index (χ4n) is 0. The van der Waals surface area contributed by atoms with Crippen molar-refractivity contribution in [3.05, 3.63) is 0 Å². The van der Waals surface area contributed by atoms with Gasteiger partial charge in [0, 0.05) is 37.2 Å². The number of carbonyl (C=O) groups excluding carboxylic acids is 1. The predicted octanol–water partition coefficient (Wildman–Crippen LogP) is 3.00. The average molecular weight is 328 g/mol. The minimum atomic E-state index is 0. The van der Waals surface area contributed by atoms with Crippen LogP contribution >= 0.6 is 37.2 Å². The first-order valence-electron chi connectivity index (χ1n) is 1.35. The van der Waals surface area contributed by atoms with Crippen molar-refractivity contribution in [2.45, 2.75) is 21.3 Å². The minimum Gasteiger partial charge on any atom is -0.300 e. The molecule has 0 amide bonds. The lowest BCUT2D eigenvalue weighted by Gasteiger charge is -1.56. The van der Waals surface area contributed by atoms with Crippen molar-refractivity contribution in [3.63, 3.8) is 0 Å². The van der Waals surface area contributed by atoms with Crippen LogP contribution in [0.5, 0.6) is 0 Å². The first kappa shape index (κ1) is 15.7. The Morgan fingerprint density at radius 3 is 1.29 bits per heavy atom. The highest BCUT2D eigenvalue weighted by Crippen LogP contribution is 1.89. The van der Waals surface area contributed by atoms with Gasteiger partial charge in [-0.3, -0.25) is 0 Å². The van der Waals surface area contributed by atoms with Gasteiger partial charge < -0.3 is 4.79 Å². The first-order valence-corrected chi connectivity index (χ1v) is 7.63. The molecule has 0 aromatic heterocycles. The van der Waals surface area contributed by atoms with E-state index in [1.54, 1.807) is 0 Å². The Morgan fingerprint density at radius 1 is 1.29 bits per heavy atom. The molecular weight excluding hydrogens is 318 g/mol. The normalized spacial score (nSPS) is 4.57. The molecular formula is C4H10I2O. The average Bonchev–Trinajstić information content (AvgIpc) is 1.41. The molecule has 0 saturated heterocycles. The van der Waals surface area contributed by atoms with Gasteiger partial charge in [0.05, 0.1) is 0 Å². The Kier molecular flexibility index (Phi) is 35.2. The topological polar surface area (TPSA) is 17.1 Å². The van der Waals surface area contributed by atoms with Crippen LogP contribution in [-0.4, -0.2) is 5.78 Å². The van der Waals surface area contributed by atoms with Crippen molar-refractivity contribution in [2.75, 3.05) is 0 Å². The molecule has 0 aliphatic rings. The standard InChI is InChI=1S/C3H6O.CH4.I2/c1-3(2)4;;1-2/h1-2H3;1H4;. The second-order valence-corrected chi connectivity index (χ2v) is 0.908. The van der Waals surface area contributed by atoms with Gasteiger partial charge in [0.2, 0.25) is 0 Å². The Labute approximate surface area is 68.6 Å². The number of halogens is 2. The van der Waals surface area contributed by atoms with Crippen molar-refractivity contribution >= 4 is 43.0 Å². The third-order valence-electron chi connectivity index (χ3n) is 0. The SMILES string of the molecule is C.CC(C)=O.II. The van der Waals surface area contributed by atoms with E-state index in [-0.39, 0.29) is 13.2 Å². The zero-order valence-corrected chi connectivity index (χ0v) is 7.98. The summed E-state index contributed by atoms with van der Waals surface area (Å²) in [7, 11) is 0. The summed E-state index contributed by atoms with van der Waals surface area (Å²) in [6.45, 7) is 3.06. The number of ketones is 1. The molecule has 0 saturated carbocycles. The molecule has 1 nitrogen and oxygen atoms in total. The van der Waals surface area contributed by atoms with Crippen LogP contribution in [0.25, 0.3) is 0 Å². The summed E-state index contributed by atoms with van der Waals surface area (Å²) in [6.07, 6.45) is 0.